The predicted molar refractivity (Wildman–Crippen MR) is 301 cm³/mol. The van der Waals surface area contributed by atoms with E-state index in [1.54, 1.807) is 6.08 Å². The summed E-state index contributed by atoms with van der Waals surface area (Å²) in [5, 5.41) is 54.2. The van der Waals surface area contributed by atoms with Gasteiger partial charge in [-0.05, 0) is 89.9 Å². The summed E-state index contributed by atoms with van der Waals surface area (Å²) in [6.45, 7) is 4.25. The largest absolute Gasteiger partial charge is 0.466 e. The number of allylic oxidation sites excluding steroid dienone is 7. The van der Waals surface area contributed by atoms with Gasteiger partial charge >= 0.3 is 5.97 Å². The molecule has 0 spiro atoms. The Morgan fingerprint density at radius 2 is 0.918 bits per heavy atom. The van der Waals surface area contributed by atoms with Crippen LogP contribution in [0.15, 0.2) is 48.6 Å². The summed E-state index contributed by atoms with van der Waals surface area (Å²) in [6, 6.07) is -0.818. The maximum Gasteiger partial charge on any atom is 0.305 e. The van der Waals surface area contributed by atoms with Crippen LogP contribution < -0.4 is 5.32 Å². The molecule has 0 aromatic heterocycles. The van der Waals surface area contributed by atoms with Crippen molar-refractivity contribution in [3.8, 4) is 0 Å². The van der Waals surface area contributed by atoms with E-state index in [0.29, 0.717) is 19.4 Å². The van der Waals surface area contributed by atoms with Crippen molar-refractivity contribution in [1.29, 1.82) is 0 Å². The first kappa shape index (κ1) is 68.6. The fourth-order valence-corrected chi connectivity index (χ4v) is 9.28. The highest BCUT2D eigenvalue weighted by Crippen LogP contribution is 2.23. The van der Waals surface area contributed by atoms with E-state index in [1.165, 1.54) is 154 Å². The summed E-state index contributed by atoms with van der Waals surface area (Å²) < 4.78 is 16.7. The van der Waals surface area contributed by atoms with Crippen molar-refractivity contribution in [2.45, 2.75) is 314 Å². The van der Waals surface area contributed by atoms with Gasteiger partial charge in [-0.1, -0.05) is 217 Å². The molecular weight excluding hydrogens is 919 g/mol. The molecule has 1 heterocycles. The van der Waals surface area contributed by atoms with Crippen molar-refractivity contribution in [2.75, 3.05) is 19.8 Å². The number of nitrogens with one attached hydrogen (secondary N) is 1. The van der Waals surface area contributed by atoms with Gasteiger partial charge in [-0.15, -0.1) is 0 Å². The first-order valence-corrected chi connectivity index (χ1v) is 30.4. The minimum atomic E-state index is -1.58. The molecule has 426 valence electrons. The molecule has 0 radical (unpaired) electrons. The van der Waals surface area contributed by atoms with E-state index in [9.17, 15) is 35.1 Å². The Bertz CT molecular complexity index is 1350. The average Bonchev–Trinajstić information content (AvgIpc) is 3.39. The summed E-state index contributed by atoms with van der Waals surface area (Å²) in [5.74, 6) is -0.220. The second-order valence-electron chi connectivity index (χ2n) is 21.0. The van der Waals surface area contributed by atoms with Crippen molar-refractivity contribution >= 4 is 11.9 Å². The molecule has 11 heteroatoms. The van der Waals surface area contributed by atoms with E-state index in [0.717, 1.165) is 89.9 Å². The van der Waals surface area contributed by atoms with Crippen LogP contribution in [-0.2, 0) is 23.8 Å². The molecule has 1 rings (SSSR count). The lowest BCUT2D eigenvalue weighted by atomic mass is 9.99. The summed E-state index contributed by atoms with van der Waals surface area (Å²) in [4.78, 5) is 25.1. The molecule has 0 aliphatic carbocycles. The van der Waals surface area contributed by atoms with Crippen LogP contribution in [0.2, 0.25) is 0 Å². The van der Waals surface area contributed by atoms with Crippen molar-refractivity contribution in [1.82, 2.24) is 5.32 Å². The Morgan fingerprint density at radius 1 is 0.507 bits per heavy atom. The average molecular weight is 1030 g/mol. The topological polar surface area (TPSA) is 175 Å². The van der Waals surface area contributed by atoms with Gasteiger partial charge in [-0.2, -0.15) is 0 Å². The van der Waals surface area contributed by atoms with Crippen LogP contribution in [0.25, 0.3) is 0 Å². The number of amides is 1. The Morgan fingerprint density at radius 3 is 1.42 bits per heavy atom. The minimum absolute atomic E-state index is 0.0230. The molecule has 1 saturated heterocycles. The number of carbonyl (C=O) groups is 2. The van der Waals surface area contributed by atoms with Gasteiger partial charge in [-0.25, -0.2) is 0 Å². The monoisotopic (exact) mass is 1030 g/mol. The van der Waals surface area contributed by atoms with Crippen molar-refractivity contribution < 1.29 is 49.3 Å². The third-order valence-electron chi connectivity index (χ3n) is 14.2. The molecule has 1 aliphatic heterocycles. The van der Waals surface area contributed by atoms with E-state index in [4.69, 9.17) is 14.2 Å². The summed E-state index contributed by atoms with van der Waals surface area (Å²) in [7, 11) is 0. The van der Waals surface area contributed by atoms with Crippen LogP contribution in [0, 0.1) is 0 Å². The molecule has 0 aromatic rings. The van der Waals surface area contributed by atoms with Crippen LogP contribution >= 0.6 is 0 Å². The molecule has 0 bridgehead atoms. The van der Waals surface area contributed by atoms with Crippen LogP contribution in [0.3, 0.4) is 0 Å². The number of aliphatic hydroxyl groups is 5. The fraction of sp³-hybridized carbons (Fsp3) is 0.839. The highest BCUT2D eigenvalue weighted by Gasteiger charge is 2.44. The number of unbranched alkanes of at least 4 members (excludes halogenated alkanes) is 32. The zero-order valence-corrected chi connectivity index (χ0v) is 46.8. The molecule has 11 nitrogen and oxygen atoms in total. The first-order valence-electron chi connectivity index (χ1n) is 30.4. The molecule has 73 heavy (non-hydrogen) atoms. The van der Waals surface area contributed by atoms with E-state index in [2.05, 4.69) is 55.6 Å². The lowest BCUT2D eigenvalue weighted by Crippen LogP contribution is -2.60. The summed E-state index contributed by atoms with van der Waals surface area (Å²) >= 11 is 0. The van der Waals surface area contributed by atoms with E-state index in [-0.39, 0.29) is 18.5 Å². The molecule has 1 aliphatic rings. The van der Waals surface area contributed by atoms with Gasteiger partial charge in [0.15, 0.2) is 6.29 Å². The smallest absolute Gasteiger partial charge is 0.305 e. The lowest BCUT2D eigenvalue weighted by Gasteiger charge is -2.40. The highest BCUT2D eigenvalue weighted by atomic mass is 16.7. The third-order valence-corrected chi connectivity index (χ3v) is 14.2. The number of ether oxygens (including phenoxy) is 3. The van der Waals surface area contributed by atoms with Crippen molar-refractivity contribution in [2.24, 2.45) is 0 Å². The van der Waals surface area contributed by atoms with Gasteiger partial charge in [-0.3, -0.25) is 9.59 Å². The summed E-state index contributed by atoms with van der Waals surface area (Å²) in [5.41, 5.74) is 0. The minimum Gasteiger partial charge on any atom is -0.466 e. The molecule has 7 unspecified atom stereocenters. The fourth-order valence-electron chi connectivity index (χ4n) is 9.28. The first-order chi connectivity index (χ1) is 35.7. The SMILES string of the molecule is CCCCC/C=C\C/C=C\CCCCCCCCCCCC(=O)OCCCCCCCC/C=C\CCCCCCCCCC(=O)NC(COC1OC(CO)C(O)C(O)C1O)C(O)/C=C/CCCCCCCCC. The molecule has 1 fully saturated rings. The van der Waals surface area contributed by atoms with Gasteiger partial charge in [0.25, 0.3) is 0 Å². The van der Waals surface area contributed by atoms with E-state index < -0.39 is 49.5 Å². The van der Waals surface area contributed by atoms with Gasteiger partial charge in [0.05, 0.1) is 32.0 Å². The predicted octanol–water partition coefficient (Wildman–Crippen LogP) is 14.1. The maximum absolute atomic E-state index is 13.0. The third kappa shape index (κ3) is 41.5. The second kappa shape index (κ2) is 51.7. The highest BCUT2D eigenvalue weighted by molar-refractivity contribution is 5.76. The van der Waals surface area contributed by atoms with Crippen LogP contribution in [0.1, 0.15) is 271 Å². The van der Waals surface area contributed by atoms with Crippen molar-refractivity contribution in [3.63, 3.8) is 0 Å². The number of hydrogen-bond donors (Lipinski definition) is 6. The number of hydrogen-bond acceptors (Lipinski definition) is 10. The standard InChI is InChI=1S/C62H113NO10/c1-3-5-7-9-11-13-14-15-16-17-18-21-24-27-30-34-38-42-46-50-58(67)71-51-47-43-39-35-31-28-25-22-19-20-23-26-29-33-37-41-45-49-57(66)63-54(55(65)48-44-40-36-32-12-10-8-6-4-2)53-72-62-61(70)60(69)59(68)56(52-64)73-62/h11,13,15-16,19,22,44,48,54-56,59-62,64-65,68-70H,3-10,12,14,17-18,20-21,23-43,45-47,49-53H2,1-2H3,(H,63,66)/b13-11-,16-15-,22-19-,48-44+. The summed E-state index contributed by atoms with van der Waals surface area (Å²) in [6.07, 6.45) is 55.0. The molecule has 1 amide bonds. The normalized spacial score (nSPS) is 19.2. The Labute approximate surface area is 446 Å². The van der Waals surface area contributed by atoms with Gasteiger partial charge < -0.3 is 45.1 Å². The molecule has 7 atom stereocenters. The zero-order valence-electron chi connectivity index (χ0n) is 46.8. The zero-order chi connectivity index (χ0) is 53.1. The molecule has 0 saturated carbocycles. The van der Waals surface area contributed by atoms with Gasteiger partial charge in [0.1, 0.15) is 24.4 Å². The maximum atomic E-state index is 13.0. The van der Waals surface area contributed by atoms with Crippen molar-refractivity contribution in [3.05, 3.63) is 48.6 Å². The Balaban J connectivity index is 2.02. The number of carbonyl (C=O) groups excluding carboxylic acids is 2. The van der Waals surface area contributed by atoms with Crippen LogP contribution in [0.4, 0.5) is 0 Å². The second-order valence-corrected chi connectivity index (χ2v) is 21.0. The van der Waals surface area contributed by atoms with Gasteiger partial charge in [0.2, 0.25) is 5.91 Å². The Hall–Kier alpha value is -2.38. The van der Waals surface area contributed by atoms with Crippen LogP contribution in [0.5, 0.6) is 0 Å². The molecule has 6 N–H and O–H groups in total. The van der Waals surface area contributed by atoms with E-state index >= 15 is 0 Å². The number of aliphatic hydroxyl groups excluding tert-OH is 5. The van der Waals surface area contributed by atoms with Gasteiger partial charge in [0, 0.05) is 12.8 Å². The number of rotatable bonds is 52. The lowest BCUT2D eigenvalue weighted by molar-refractivity contribution is -0.302. The van der Waals surface area contributed by atoms with E-state index in [1.807, 2.05) is 6.08 Å². The van der Waals surface area contributed by atoms with Crippen LogP contribution in [-0.4, -0.2) is 100 Å². The quantitative estimate of drug-likeness (QED) is 0.0195. The molecular formula is C62H113NO10. The Kier molecular flexibility index (Phi) is 48.6. The molecule has 0 aromatic carbocycles. The number of esters is 1.